The number of benzene rings is 1. The molecule has 0 spiro atoms. The molecule has 1 rings (SSSR count). The van der Waals surface area contributed by atoms with Crippen molar-refractivity contribution in [2.75, 3.05) is 0 Å². The largest absolute Gasteiger partial charge is 0.347 e. The molecular formula is C11H14BrFN2O3S. The van der Waals surface area contributed by atoms with E-state index in [9.17, 15) is 17.6 Å². The van der Waals surface area contributed by atoms with Crippen molar-refractivity contribution < 1.29 is 17.6 Å². The van der Waals surface area contributed by atoms with Crippen molar-refractivity contribution in [1.82, 2.24) is 5.32 Å². The van der Waals surface area contributed by atoms with Crippen molar-refractivity contribution in [2.45, 2.75) is 31.2 Å². The van der Waals surface area contributed by atoms with Crippen molar-refractivity contribution in [3.05, 3.63) is 28.0 Å². The van der Waals surface area contributed by atoms with Crippen LogP contribution >= 0.6 is 15.9 Å². The second kappa shape index (κ2) is 5.18. The minimum absolute atomic E-state index is 0.0573. The molecule has 0 bridgehead atoms. The van der Waals surface area contributed by atoms with Gasteiger partial charge in [-0.1, -0.05) is 0 Å². The topological polar surface area (TPSA) is 89.3 Å². The van der Waals surface area contributed by atoms with Gasteiger partial charge in [0.05, 0.1) is 14.9 Å². The molecule has 106 valence electrons. The van der Waals surface area contributed by atoms with Gasteiger partial charge in [-0.15, -0.1) is 0 Å². The van der Waals surface area contributed by atoms with Crippen LogP contribution in [0.4, 0.5) is 4.39 Å². The van der Waals surface area contributed by atoms with Crippen LogP contribution in [0.25, 0.3) is 0 Å². The number of nitrogens with two attached hydrogens (primary N) is 1. The molecule has 1 aromatic rings. The van der Waals surface area contributed by atoms with Crippen LogP contribution in [-0.4, -0.2) is 19.9 Å². The lowest BCUT2D eigenvalue weighted by atomic mass is 10.1. The molecular weight excluding hydrogens is 339 g/mol. The highest BCUT2D eigenvalue weighted by Crippen LogP contribution is 2.27. The average Bonchev–Trinajstić information content (AvgIpc) is 2.16. The number of sulfonamides is 1. The summed E-state index contributed by atoms with van der Waals surface area (Å²) in [7, 11) is -4.12. The average molecular weight is 353 g/mol. The van der Waals surface area contributed by atoms with E-state index in [0.29, 0.717) is 0 Å². The number of carbonyl (C=O) groups is 1. The highest BCUT2D eigenvalue weighted by atomic mass is 79.9. The first-order chi connectivity index (χ1) is 8.42. The van der Waals surface area contributed by atoms with E-state index in [1.807, 2.05) is 0 Å². The quantitative estimate of drug-likeness (QED) is 0.849. The van der Waals surface area contributed by atoms with E-state index in [-0.39, 0.29) is 10.0 Å². The first-order valence-electron chi connectivity index (χ1n) is 5.26. The van der Waals surface area contributed by atoms with Gasteiger partial charge < -0.3 is 5.32 Å². The van der Waals surface area contributed by atoms with Crippen LogP contribution in [0.1, 0.15) is 31.1 Å². The van der Waals surface area contributed by atoms with Gasteiger partial charge in [0.25, 0.3) is 5.91 Å². The van der Waals surface area contributed by atoms with Gasteiger partial charge in [-0.25, -0.2) is 17.9 Å². The molecule has 0 aliphatic carbocycles. The maximum absolute atomic E-state index is 13.4. The van der Waals surface area contributed by atoms with Crippen molar-refractivity contribution in [2.24, 2.45) is 5.14 Å². The maximum atomic E-state index is 13.4. The molecule has 0 aromatic heterocycles. The molecule has 3 N–H and O–H groups in total. The van der Waals surface area contributed by atoms with Gasteiger partial charge in [-0.3, -0.25) is 4.79 Å². The van der Waals surface area contributed by atoms with Crippen molar-refractivity contribution in [3.63, 3.8) is 0 Å². The van der Waals surface area contributed by atoms with Crippen molar-refractivity contribution >= 4 is 31.9 Å². The number of hydrogen-bond donors (Lipinski definition) is 2. The number of primary sulfonamides is 1. The Kier molecular flexibility index (Phi) is 4.38. The Morgan fingerprint density at radius 2 is 1.89 bits per heavy atom. The molecule has 0 atom stereocenters. The fourth-order valence-electron chi connectivity index (χ4n) is 1.34. The summed E-state index contributed by atoms with van der Waals surface area (Å²) >= 11 is 2.97. The molecule has 5 nitrogen and oxygen atoms in total. The van der Waals surface area contributed by atoms with Gasteiger partial charge in [-0.2, -0.15) is 0 Å². The highest BCUT2D eigenvalue weighted by molar-refractivity contribution is 9.10. The molecule has 1 aromatic carbocycles. The third-order valence-corrected chi connectivity index (χ3v) is 4.10. The lowest BCUT2D eigenvalue weighted by Crippen LogP contribution is -2.40. The van der Waals surface area contributed by atoms with E-state index in [1.54, 1.807) is 20.8 Å². The zero-order valence-corrected chi connectivity index (χ0v) is 13.0. The summed E-state index contributed by atoms with van der Waals surface area (Å²) in [6, 6.07) is 1.70. The zero-order valence-electron chi connectivity index (χ0n) is 10.6. The normalized spacial score (nSPS) is 12.3. The third-order valence-electron chi connectivity index (χ3n) is 2.04. The van der Waals surface area contributed by atoms with E-state index < -0.39 is 32.2 Å². The summed E-state index contributed by atoms with van der Waals surface area (Å²) in [5.74, 6) is -1.45. The summed E-state index contributed by atoms with van der Waals surface area (Å²) in [6.07, 6.45) is 0. The van der Waals surface area contributed by atoms with E-state index in [4.69, 9.17) is 5.14 Å². The highest BCUT2D eigenvalue weighted by Gasteiger charge is 2.23. The van der Waals surface area contributed by atoms with Gasteiger partial charge in [0.2, 0.25) is 10.0 Å². The molecule has 0 heterocycles. The first kappa shape index (κ1) is 16.1. The monoisotopic (exact) mass is 352 g/mol. The summed E-state index contributed by atoms with van der Waals surface area (Å²) in [5, 5.41) is 7.58. The van der Waals surface area contributed by atoms with Crippen LogP contribution in [-0.2, 0) is 10.0 Å². The lowest BCUT2D eigenvalue weighted by Gasteiger charge is -2.21. The van der Waals surface area contributed by atoms with Gasteiger partial charge >= 0.3 is 0 Å². The number of carbonyl (C=O) groups excluding carboxylic acids is 1. The van der Waals surface area contributed by atoms with Crippen LogP contribution < -0.4 is 10.5 Å². The molecule has 8 heteroatoms. The van der Waals surface area contributed by atoms with E-state index in [2.05, 4.69) is 21.2 Å². The minimum Gasteiger partial charge on any atom is -0.347 e. The van der Waals surface area contributed by atoms with Gasteiger partial charge in [0.1, 0.15) is 5.82 Å². The van der Waals surface area contributed by atoms with Crippen molar-refractivity contribution in [3.8, 4) is 0 Å². The number of rotatable bonds is 2. The van der Waals surface area contributed by atoms with Crippen LogP contribution in [0.15, 0.2) is 21.5 Å². The fourth-order valence-corrected chi connectivity index (χ4v) is 3.07. The summed E-state index contributed by atoms with van der Waals surface area (Å²) in [5.41, 5.74) is -0.663. The van der Waals surface area contributed by atoms with E-state index in [1.165, 1.54) is 0 Å². The second-order valence-electron chi connectivity index (χ2n) is 5.01. The molecule has 0 unspecified atom stereocenters. The number of nitrogens with one attached hydrogen (secondary N) is 1. The molecule has 0 saturated heterocycles. The van der Waals surface area contributed by atoms with E-state index in [0.717, 1.165) is 12.1 Å². The lowest BCUT2D eigenvalue weighted by molar-refractivity contribution is 0.0918. The molecule has 0 saturated carbocycles. The van der Waals surface area contributed by atoms with Gasteiger partial charge in [0.15, 0.2) is 0 Å². The molecule has 0 fully saturated rings. The van der Waals surface area contributed by atoms with E-state index >= 15 is 0 Å². The maximum Gasteiger partial charge on any atom is 0.252 e. The molecule has 0 radical (unpaired) electrons. The Morgan fingerprint density at radius 1 is 1.37 bits per heavy atom. The number of amides is 1. The molecule has 19 heavy (non-hydrogen) atoms. The standard InChI is InChI=1S/C11H14BrFN2O3S/c1-11(2,3)15-10(16)7-4-6(13)5-8(9(7)12)19(14,17)18/h4-5H,1-3H3,(H,15,16)(H2,14,17,18). The number of halogens is 2. The summed E-state index contributed by atoms with van der Waals surface area (Å²) < 4.78 is 36.0. The van der Waals surface area contributed by atoms with Crippen molar-refractivity contribution in [1.29, 1.82) is 0 Å². The third kappa shape index (κ3) is 4.26. The van der Waals surface area contributed by atoms with Crippen LogP contribution in [0.5, 0.6) is 0 Å². The second-order valence-corrected chi connectivity index (χ2v) is 7.34. The molecule has 0 aliphatic heterocycles. The van der Waals surface area contributed by atoms with Crippen LogP contribution in [0, 0.1) is 5.82 Å². The number of hydrogen-bond acceptors (Lipinski definition) is 3. The molecule has 1 amide bonds. The summed E-state index contributed by atoms with van der Waals surface area (Å²) in [4.78, 5) is 11.5. The minimum atomic E-state index is -4.12. The Labute approximate surface area is 119 Å². The Hall–Kier alpha value is -0.990. The van der Waals surface area contributed by atoms with Crippen LogP contribution in [0.3, 0.4) is 0 Å². The fraction of sp³-hybridized carbons (Fsp3) is 0.364. The Balaban J connectivity index is 3.38. The predicted octanol–water partition coefficient (Wildman–Crippen LogP) is 1.76. The first-order valence-corrected chi connectivity index (χ1v) is 7.60. The zero-order chi connectivity index (χ0) is 15.0. The SMILES string of the molecule is CC(C)(C)NC(=O)c1cc(F)cc(S(N)(=O)=O)c1Br. The Bertz CT molecular complexity index is 624. The Morgan fingerprint density at radius 3 is 2.32 bits per heavy atom. The van der Waals surface area contributed by atoms with Gasteiger partial charge in [0, 0.05) is 5.54 Å². The van der Waals surface area contributed by atoms with Crippen LogP contribution in [0.2, 0.25) is 0 Å². The van der Waals surface area contributed by atoms with Gasteiger partial charge in [-0.05, 0) is 48.8 Å². The molecule has 0 aliphatic rings. The summed E-state index contributed by atoms with van der Waals surface area (Å²) in [6.45, 7) is 5.25. The predicted molar refractivity (Wildman–Crippen MR) is 72.7 cm³/mol. The smallest absolute Gasteiger partial charge is 0.252 e.